The van der Waals surface area contributed by atoms with Gasteiger partial charge in [0.15, 0.2) is 5.78 Å². The summed E-state index contributed by atoms with van der Waals surface area (Å²) in [5.74, 6) is -1.68. The van der Waals surface area contributed by atoms with Crippen molar-refractivity contribution in [2.75, 3.05) is 32.7 Å². The normalized spacial score (nSPS) is 23.8. The number of halogens is 2. The van der Waals surface area contributed by atoms with Crippen molar-refractivity contribution >= 4 is 5.78 Å². The van der Waals surface area contributed by atoms with Gasteiger partial charge in [-0.05, 0) is 51.0 Å². The molecule has 0 radical (unpaired) electrons. The second kappa shape index (κ2) is 6.20. The van der Waals surface area contributed by atoms with E-state index in [1.54, 1.807) is 0 Å². The minimum Gasteiger partial charge on any atom is -0.299 e. The number of nitrogens with zero attached hydrogens (tertiary/aromatic N) is 2. The molecule has 0 aromatic heterocycles. The minimum atomic E-state index is -0.766. The van der Waals surface area contributed by atoms with Crippen LogP contribution < -0.4 is 0 Å². The third-order valence-corrected chi connectivity index (χ3v) is 4.49. The van der Waals surface area contributed by atoms with Gasteiger partial charge >= 0.3 is 0 Å². The molecule has 2 saturated heterocycles. The Hall–Kier alpha value is -1.33. The molecule has 2 aliphatic heterocycles. The van der Waals surface area contributed by atoms with Crippen molar-refractivity contribution in [3.8, 4) is 0 Å². The summed E-state index contributed by atoms with van der Waals surface area (Å²) in [6, 6.07) is 3.68. The Morgan fingerprint density at radius 2 is 2.00 bits per heavy atom. The molecule has 1 atom stereocenters. The van der Waals surface area contributed by atoms with Crippen LogP contribution >= 0.6 is 0 Å². The predicted molar refractivity (Wildman–Crippen MR) is 76.3 cm³/mol. The van der Waals surface area contributed by atoms with Crippen molar-refractivity contribution in [1.82, 2.24) is 9.80 Å². The lowest BCUT2D eigenvalue weighted by atomic mass is 10.1. The largest absolute Gasteiger partial charge is 0.299 e. The van der Waals surface area contributed by atoms with Crippen molar-refractivity contribution in [3.05, 3.63) is 35.4 Å². The maximum absolute atomic E-state index is 13.7. The summed E-state index contributed by atoms with van der Waals surface area (Å²) >= 11 is 0. The zero-order valence-corrected chi connectivity index (χ0v) is 12.0. The van der Waals surface area contributed by atoms with Crippen molar-refractivity contribution < 1.29 is 13.6 Å². The predicted octanol–water partition coefficient (Wildman–Crippen LogP) is 2.32. The van der Waals surface area contributed by atoms with Crippen molar-refractivity contribution in [1.29, 1.82) is 0 Å². The highest BCUT2D eigenvalue weighted by Gasteiger charge is 2.29. The van der Waals surface area contributed by atoms with Crippen LogP contribution in [0.5, 0.6) is 0 Å². The molecule has 0 spiro atoms. The topological polar surface area (TPSA) is 23.6 Å². The van der Waals surface area contributed by atoms with Gasteiger partial charge < -0.3 is 0 Å². The smallest absolute Gasteiger partial charge is 0.179 e. The minimum absolute atomic E-state index is 0.0103. The molecule has 21 heavy (non-hydrogen) atoms. The molecule has 0 bridgehead atoms. The van der Waals surface area contributed by atoms with Crippen molar-refractivity contribution in [2.45, 2.75) is 25.3 Å². The lowest BCUT2D eigenvalue weighted by Crippen LogP contribution is -2.39. The Bertz CT molecular complexity index is 535. The number of Topliss-reactive ketones (excluding diaryl/α,β-unsaturated/α-hetero) is 1. The first-order valence-electron chi connectivity index (χ1n) is 7.58. The van der Waals surface area contributed by atoms with E-state index in [0.717, 1.165) is 44.7 Å². The molecule has 3 rings (SSSR count). The van der Waals surface area contributed by atoms with Gasteiger partial charge in [0.1, 0.15) is 11.6 Å². The van der Waals surface area contributed by atoms with Crippen molar-refractivity contribution in [3.63, 3.8) is 0 Å². The number of ketones is 1. The van der Waals surface area contributed by atoms with E-state index < -0.39 is 11.6 Å². The quantitative estimate of drug-likeness (QED) is 0.799. The summed E-state index contributed by atoms with van der Waals surface area (Å²) in [5, 5.41) is 0. The molecule has 2 fully saturated rings. The molecular weight excluding hydrogens is 274 g/mol. The average Bonchev–Trinajstić information content (AvgIpc) is 2.77. The van der Waals surface area contributed by atoms with E-state index >= 15 is 0 Å². The fourth-order valence-corrected chi connectivity index (χ4v) is 3.43. The van der Waals surface area contributed by atoms with E-state index in [-0.39, 0.29) is 17.9 Å². The molecule has 2 heterocycles. The third kappa shape index (κ3) is 3.30. The zero-order valence-electron chi connectivity index (χ0n) is 12.0. The van der Waals surface area contributed by atoms with Gasteiger partial charge in [-0.25, -0.2) is 8.78 Å². The van der Waals surface area contributed by atoms with Gasteiger partial charge in [0, 0.05) is 18.7 Å². The first kappa shape index (κ1) is 14.6. The maximum Gasteiger partial charge on any atom is 0.179 e. The number of hydrogen-bond donors (Lipinski definition) is 0. The highest BCUT2D eigenvalue weighted by atomic mass is 19.1. The molecule has 3 nitrogen and oxygen atoms in total. The lowest BCUT2D eigenvalue weighted by Gasteiger charge is -2.25. The van der Waals surface area contributed by atoms with Gasteiger partial charge in [-0.1, -0.05) is 0 Å². The summed E-state index contributed by atoms with van der Waals surface area (Å²) in [5.41, 5.74) is -0.0103. The third-order valence-electron chi connectivity index (χ3n) is 4.49. The fourth-order valence-electron chi connectivity index (χ4n) is 3.43. The first-order chi connectivity index (χ1) is 10.1. The molecule has 1 unspecified atom stereocenters. The van der Waals surface area contributed by atoms with Crippen molar-refractivity contribution in [2.24, 2.45) is 0 Å². The number of hydrogen-bond acceptors (Lipinski definition) is 3. The van der Waals surface area contributed by atoms with Crippen LogP contribution in [0.15, 0.2) is 18.2 Å². The molecule has 114 valence electrons. The molecular formula is C16H20F2N2O. The van der Waals surface area contributed by atoms with E-state index in [4.69, 9.17) is 0 Å². The van der Waals surface area contributed by atoms with Gasteiger partial charge in [-0.15, -0.1) is 0 Å². The highest BCUT2D eigenvalue weighted by Crippen LogP contribution is 2.21. The Morgan fingerprint density at radius 3 is 2.81 bits per heavy atom. The summed E-state index contributed by atoms with van der Waals surface area (Å²) in [6.45, 7) is 4.18. The molecule has 1 aromatic carbocycles. The van der Waals surface area contributed by atoms with E-state index in [0.29, 0.717) is 6.04 Å². The molecule has 5 heteroatoms. The van der Waals surface area contributed by atoms with Gasteiger partial charge in [0.05, 0.1) is 12.1 Å². The van der Waals surface area contributed by atoms with E-state index in [9.17, 15) is 13.6 Å². The van der Waals surface area contributed by atoms with Crippen LogP contribution in [0.2, 0.25) is 0 Å². The van der Waals surface area contributed by atoms with Crippen LogP contribution in [0.25, 0.3) is 0 Å². The van der Waals surface area contributed by atoms with Crippen LogP contribution in [0, 0.1) is 11.6 Å². The molecule has 0 N–H and O–H groups in total. The average molecular weight is 294 g/mol. The van der Waals surface area contributed by atoms with E-state index in [1.165, 1.54) is 18.9 Å². The van der Waals surface area contributed by atoms with Crippen LogP contribution in [0.4, 0.5) is 8.78 Å². The Kier molecular flexibility index (Phi) is 4.31. The molecule has 2 aliphatic rings. The molecule has 0 aliphatic carbocycles. The molecule has 0 amide bonds. The zero-order chi connectivity index (χ0) is 14.8. The van der Waals surface area contributed by atoms with Gasteiger partial charge in [-0.3, -0.25) is 14.6 Å². The number of benzene rings is 1. The maximum atomic E-state index is 13.7. The summed E-state index contributed by atoms with van der Waals surface area (Å²) in [6.07, 6.45) is 3.43. The second-order valence-corrected chi connectivity index (χ2v) is 5.97. The number of fused-ring (bicyclic) bond motifs is 1. The first-order valence-corrected chi connectivity index (χ1v) is 7.58. The Labute approximate surface area is 123 Å². The van der Waals surface area contributed by atoms with E-state index in [1.807, 2.05) is 0 Å². The van der Waals surface area contributed by atoms with E-state index in [2.05, 4.69) is 9.80 Å². The number of carbonyl (C=O) groups excluding carboxylic acids is 1. The Balaban J connectivity index is 1.66. The molecule has 1 aromatic rings. The van der Waals surface area contributed by atoms with Gasteiger partial charge in [0.25, 0.3) is 0 Å². The van der Waals surface area contributed by atoms with Crippen LogP contribution in [0.1, 0.15) is 29.6 Å². The number of rotatable bonds is 3. The SMILES string of the molecule is O=C(CN1CCCN2CCCC2C1)c1ccc(F)cc1F. The lowest BCUT2D eigenvalue weighted by molar-refractivity contribution is 0.0921. The Morgan fingerprint density at radius 1 is 1.19 bits per heavy atom. The highest BCUT2D eigenvalue weighted by molar-refractivity contribution is 5.97. The molecule has 0 saturated carbocycles. The van der Waals surface area contributed by atoms with Crippen LogP contribution in [-0.2, 0) is 0 Å². The summed E-state index contributed by atoms with van der Waals surface area (Å²) in [4.78, 5) is 16.8. The second-order valence-electron chi connectivity index (χ2n) is 5.97. The summed E-state index contributed by atoms with van der Waals surface area (Å²) in [7, 11) is 0. The number of carbonyl (C=O) groups is 1. The van der Waals surface area contributed by atoms with Crippen LogP contribution in [-0.4, -0.2) is 54.3 Å². The fraction of sp³-hybridized carbons (Fsp3) is 0.562. The summed E-state index contributed by atoms with van der Waals surface area (Å²) < 4.78 is 26.6. The standard InChI is InChI=1S/C16H20F2N2O/c17-12-4-5-14(15(18)9-12)16(21)11-19-6-2-8-20-7-1-3-13(20)10-19/h4-5,9,13H,1-3,6-8,10-11H2. The van der Waals surface area contributed by atoms with Gasteiger partial charge in [0.2, 0.25) is 0 Å². The van der Waals surface area contributed by atoms with Gasteiger partial charge in [-0.2, -0.15) is 0 Å². The monoisotopic (exact) mass is 294 g/mol. The van der Waals surface area contributed by atoms with Crippen LogP contribution in [0.3, 0.4) is 0 Å².